The van der Waals surface area contributed by atoms with E-state index in [1.165, 1.54) is 205 Å². The molecular formula is C41H85NO2. The second-order valence-electron chi connectivity index (χ2n) is 14.4. The van der Waals surface area contributed by atoms with Gasteiger partial charge in [0.1, 0.15) is 0 Å². The maximum absolute atomic E-state index is 6.19. The summed E-state index contributed by atoms with van der Waals surface area (Å²) in [6, 6.07) is 0. The van der Waals surface area contributed by atoms with Crippen molar-refractivity contribution in [3.63, 3.8) is 0 Å². The summed E-state index contributed by atoms with van der Waals surface area (Å²) < 4.78 is 12.4. The normalized spacial score (nSPS) is 11.9. The molecule has 0 aliphatic rings. The molecule has 266 valence electrons. The van der Waals surface area contributed by atoms with Gasteiger partial charge in [0.25, 0.3) is 0 Å². The summed E-state index contributed by atoms with van der Waals surface area (Å²) in [6.45, 7) is 7.35. The molecule has 0 aromatic rings. The Morgan fingerprint density at radius 3 is 0.795 bits per heavy atom. The fourth-order valence-electron chi connectivity index (χ4n) is 6.31. The van der Waals surface area contributed by atoms with E-state index in [1.54, 1.807) is 0 Å². The fraction of sp³-hybridized carbons (Fsp3) is 1.00. The molecule has 0 spiro atoms. The van der Waals surface area contributed by atoms with Gasteiger partial charge in [-0.25, -0.2) is 0 Å². The highest BCUT2D eigenvalue weighted by Gasteiger charge is 2.10. The average molecular weight is 624 g/mol. The third-order valence-electron chi connectivity index (χ3n) is 9.42. The third-order valence-corrected chi connectivity index (χ3v) is 9.42. The predicted octanol–water partition coefficient (Wildman–Crippen LogP) is 13.8. The van der Waals surface area contributed by atoms with E-state index in [1.807, 2.05) is 0 Å². The summed E-state index contributed by atoms with van der Waals surface area (Å²) >= 11 is 0. The van der Waals surface area contributed by atoms with Crippen molar-refractivity contribution in [2.45, 2.75) is 232 Å². The van der Waals surface area contributed by atoms with Crippen LogP contribution in [-0.4, -0.2) is 45.0 Å². The van der Waals surface area contributed by atoms with Crippen LogP contribution in [0.2, 0.25) is 0 Å². The van der Waals surface area contributed by atoms with Crippen molar-refractivity contribution in [2.75, 3.05) is 33.9 Å². The molecule has 3 heteroatoms. The van der Waals surface area contributed by atoms with Gasteiger partial charge < -0.3 is 14.4 Å². The topological polar surface area (TPSA) is 21.7 Å². The van der Waals surface area contributed by atoms with Crippen molar-refractivity contribution >= 4 is 0 Å². The maximum atomic E-state index is 6.19. The van der Waals surface area contributed by atoms with Crippen LogP contribution in [0.15, 0.2) is 0 Å². The Morgan fingerprint density at radius 1 is 0.341 bits per heavy atom. The van der Waals surface area contributed by atoms with Crippen LogP contribution in [0.1, 0.15) is 226 Å². The first-order valence-corrected chi connectivity index (χ1v) is 20.6. The van der Waals surface area contributed by atoms with E-state index in [-0.39, 0.29) is 6.29 Å². The van der Waals surface area contributed by atoms with Crippen LogP contribution in [0, 0.1) is 0 Å². The molecule has 0 aliphatic heterocycles. The number of hydrogen-bond donors (Lipinski definition) is 0. The second kappa shape index (κ2) is 39.1. The Kier molecular flexibility index (Phi) is 39.0. The fourth-order valence-corrected chi connectivity index (χ4v) is 6.31. The highest BCUT2D eigenvalue weighted by atomic mass is 16.7. The lowest BCUT2D eigenvalue weighted by atomic mass is 10.0. The summed E-state index contributed by atoms with van der Waals surface area (Å²) in [4.78, 5) is 2.24. The summed E-state index contributed by atoms with van der Waals surface area (Å²) in [7, 11) is 4.28. The Hall–Kier alpha value is -0.120. The summed E-state index contributed by atoms with van der Waals surface area (Å²) in [5.41, 5.74) is 0. The number of ether oxygens (including phenoxy) is 2. The first kappa shape index (κ1) is 43.9. The summed E-state index contributed by atoms with van der Waals surface area (Å²) in [5.74, 6) is 0. The summed E-state index contributed by atoms with van der Waals surface area (Å²) in [5, 5.41) is 0. The molecule has 0 aromatic heterocycles. The minimum atomic E-state index is -0.0231. The molecule has 3 nitrogen and oxygen atoms in total. The molecule has 0 saturated heterocycles. The zero-order valence-electron chi connectivity index (χ0n) is 31.3. The van der Waals surface area contributed by atoms with Gasteiger partial charge in [-0.2, -0.15) is 0 Å². The molecule has 0 atom stereocenters. The molecular weight excluding hydrogens is 538 g/mol. The van der Waals surface area contributed by atoms with Crippen molar-refractivity contribution in [1.29, 1.82) is 0 Å². The van der Waals surface area contributed by atoms with Crippen LogP contribution in [0.5, 0.6) is 0 Å². The molecule has 0 fully saturated rings. The summed E-state index contributed by atoms with van der Waals surface area (Å²) in [6.07, 6.45) is 46.1. The molecule has 0 radical (unpaired) electrons. The van der Waals surface area contributed by atoms with E-state index in [4.69, 9.17) is 9.47 Å². The molecule has 0 heterocycles. The standard InChI is InChI=1S/C41H85NO2/c1-5-7-9-11-13-15-17-19-21-23-25-27-29-31-33-35-39-43-41(37-38-42(3)4)44-40-36-34-32-30-28-26-24-22-20-18-16-14-12-10-8-6-2/h41H,5-40H2,1-4H3. The Balaban J connectivity index is 3.52. The highest BCUT2D eigenvalue weighted by Crippen LogP contribution is 2.16. The van der Waals surface area contributed by atoms with Crippen LogP contribution in [-0.2, 0) is 9.47 Å². The zero-order chi connectivity index (χ0) is 32.0. The van der Waals surface area contributed by atoms with Crippen molar-refractivity contribution in [1.82, 2.24) is 4.90 Å². The van der Waals surface area contributed by atoms with Gasteiger partial charge in [0.15, 0.2) is 6.29 Å². The molecule has 0 aromatic carbocycles. The Bertz CT molecular complexity index is 459. The lowest BCUT2D eigenvalue weighted by molar-refractivity contribution is -0.148. The van der Waals surface area contributed by atoms with Gasteiger partial charge in [0.2, 0.25) is 0 Å². The number of hydrogen-bond acceptors (Lipinski definition) is 3. The maximum Gasteiger partial charge on any atom is 0.158 e. The third kappa shape index (κ3) is 38.1. The minimum Gasteiger partial charge on any atom is -0.353 e. The van der Waals surface area contributed by atoms with E-state index in [0.29, 0.717) is 0 Å². The van der Waals surface area contributed by atoms with Gasteiger partial charge in [0.05, 0.1) is 0 Å². The number of nitrogens with zero attached hydrogens (tertiary/aromatic N) is 1. The Labute approximate surface area is 279 Å². The molecule has 0 rings (SSSR count). The van der Waals surface area contributed by atoms with E-state index in [9.17, 15) is 0 Å². The molecule has 0 unspecified atom stereocenters. The molecule has 0 N–H and O–H groups in total. The monoisotopic (exact) mass is 624 g/mol. The molecule has 44 heavy (non-hydrogen) atoms. The average Bonchev–Trinajstić information content (AvgIpc) is 3.02. The van der Waals surface area contributed by atoms with Gasteiger partial charge >= 0.3 is 0 Å². The molecule has 0 saturated carbocycles. The molecule has 0 aliphatic carbocycles. The van der Waals surface area contributed by atoms with E-state index in [0.717, 1.165) is 26.2 Å². The molecule has 0 amide bonds. The smallest absolute Gasteiger partial charge is 0.158 e. The lowest BCUT2D eigenvalue weighted by Gasteiger charge is -2.20. The van der Waals surface area contributed by atoms with E-state index < -0.39 is 0 Å². The van der Waals surface area contributed by atoms with E-state index >= 15 is 0 Å². The van der Waals surface area contributed by atoms with Gasteiger partial charge in [-0.1, -0.05) is 206 Å². The van der Waals surface area contributed by atoms with Crippen LogP contribution < -0.4 is 0 Å². The largest absolute Gasteiger partial charge is 0.353 e. The van der Waals surface area contributed by atoms with Crippen molar-refractivity contribution in [3.8, 4) is 0 Å². The first-order valence-electron chi connectivity index (χ1n) is 20.6. The Morgan fingerprint density at radius 2 is 0.568 bits per heavy atom. The van der Waals surface area contributed by atoms with Crippen molar-refractivity contribution in [3.05, 3.63) is 0 Å². The first-order chi connectivity index (χ1) is 21.7. The van der Waals surface area contributed by atoms with Gasteiger partial charge in [0, 0.05) is 26.2 Å². The predicted molar refractivity (Wildman–Crippen MR) is 198 cm³/mol. The van der Waals surface area contributed by atoms with Crippen LogP contribution in [0.4, 0.5) is 0 Å². The highest BCUT2D eigenvalue weighted by molar-refractivity contribution is 4.54. The van der Waals surface area contributed by atoms with Crippen molar-refractivity contribution < 1.29 is 9.47 Å². The van der Waals surface area contributed by atoms with Crippen LogP contribution in [0.3, 0.4) is 0 Å². The number of rotatable bonds is 39. The second-order valence-corrected chi connectivity index (χ2v) is 14.4. The van der Waals surface area contributed by atoms with Crippen molar-refractivity contribution in [2.24, 2.45) is 0 Å². The van der Waals surface area contributed by atoms with Gasteiger partial charge in [-0.15, -0.1) is 0 Å². The SMILES string of the molecule is CCCCCCCCCCCCCCCCCCOC(CCN(C)C)OCCCCCCCCCCCCCCCCCC. The number of unbranched alkanes of at least 4 members (excludes halogenated alkanes) is 30. The zero-order valence-corrected chi connectivity index (χ0v) is 31.3. The minimum absolute atomic E-state index is 0.0231. The quantitative estimate of drug-likeness (QED) is 0.0502. The van der Waals surface area contributed by atoms with Gasteiger partial charge in [-0.05, 0) is 26.9 Å². The van der Waals surface area contributed by atoms with Gasteiger partial charge in [-0.3, -0.25) is 0 Å². The molecule has 0 bridgehead atoms. The van der Waals surface area contributed by atoms with E-state index in [2.05, 4.69) is 32.8 Å². The van der Waals surface area contributed by atoms with Crippen LogP contribution >= 0.6 is 0 Å². The van der Waals surface area contributed by atoms with Crippen LogP contribution in [0.25, 0.3) is 0 Å². The lowest BCUT2D eigenvalue weighted by Crippen LogP contribution is -2.25.